The molecule has 4 aromatic rings. The number of nitrogens with one attached hydrogen (secondary N) is 2. The third-order valence-electron chi connectivity index (χ3n) is 5.04. The number of rotatable bonds is 3. The van der Waals surface area contributed by atoms with Crippen LogP contribution in [0.15, 0.2) is 30.9 Å². The maximum atomic E-state index is 14.4. The van der Waals surface area contributed by atoms with Crippen LogP contribution in [0.3, 0.4) is 0 Å². The molecule has 0 saturated carbocycles. The van der Waals surface area contributed by atoms with Crippen LogP contribution in [0.25, 0.3) is 27.8 Å². The Morgan fingerprint density at radius 2 is 2.11 bits per heavy atom. The first-order valence-electron chi connectivity index (χ1n) is 9.01. The number of ether oxygens (including phenoxy) is 1. The van der Waals surface area contributed by atoms with Gasteiger partial charge in [0.1, 0.15) is 5.65 Å². The van der Waals surface area contributed by atoms with E-state index < -0.39 is 0 Å². The molecule has 0 bridgehead atoms. The highest BCUT2D eigenvalue weighted by molar-refractivity contribution is 5.93. The summed E-state index contributed by atoms with van der Waals surface area (Å²) in [6.45, 7) is 3.42. The highest BCUT2D eigenvalue weighted by Gasteiger charge is 2.16. The molecule has 0 aliphatic carbocycles. The summed E-state index contributed by atoms with van der Waals surface area (Å²) < 4.78 is 21.6. The second kappa shape index (κ2) is 6.31. The Hall–Kier alpha value is -3.00. The van der Waals surface area contributed by atoms with Gasteiger partial charge in [0.05, 0.1) is 0 Å². The molecule has 0 atom stereocenters. The smallest absolute Gasteiger partial charge is 0.224 e. The maximum absolute atomic E-state index is 14.4. The standard InChI is InChI=1S/C19H19FN6O/c1-11-7-22-18-16(20)6-12(10-26(11)18)14-8-21-17-15(14)9-23-19(25-17)24-13-2-4-27-5-3-13/h6-10,13H,2-5H2,1H3,(H2,21,23,24,25). The molecule has 0 radical (unpaired) electrons. The number of halogens is 1. The van der Waals surface area contributed by atoms with E-state index in [2.05, 4.69) is 25.3 Å². The molecule has 8 heteroatoms. The molecule has 7 nitrogen and oxygen atoms in total. The Labute approximate surface area is 154 Å². The first-order valence-corrected chi connectivity index (χ1v) is 9.01. The fourth-order valence-electron chi connectivity index (χ4n) is 3.55. The van der Waals surface area contributed by atoms with Crippen LogP contribution in [-0.4, -0.2) is 43.6 Å². The zero-order valence-corrected chi connectivity index (χ0v) is 14.9. The van der Waals surface area contributed by atoms with Gasteiger partial charge in [-0.25, -0.2) is 14.4 Å². The predicted octanol–water partition coefficient (Wildman–Crippen LogP) is 3.31. The van der Waals surface area contributed by atoms with E-state index >= 15 is 0 Å². The normalized spacial score (nSPS) is 15.6. The molecule has 5 rings (SSSR count). The highest BCUT2D eigenvalue weighted by atomic mass is 19.1. The molecule has 2 N–H and O–H groups in total. The molecular weight excluding hydrogens is 347 g/mol. The van der Waals surface area contributed by atoms with Crippen molar-refractivity contribution in [1.29, 1.82) is 0 Å². The molecule has 1 aliphatic heterocycles. The quantitative estimate of drug-likeness (QED) is 0.581. The van der Waals surface area contributed by atoms with Gasteiger partial charge in [-0.3, -0.25) is 0 Å². The number of pyridine rings is 1. The lowest BCUT2D eigenvalue weighted by molar-refractivity contribution is 0.0903. The van der Waals surface area contributed by atoms with Gasteiger partial charge in [-0.05, 0) is 25.8 Å². The van der Waals surface area contributed by atoms with Crippen LogP contribution in [0.1, 0.15) is 18.5 Å². The van der Waals surface area contributed by atoms with Gasteiger partial charge in [0.25, 0.3) is 0 Å². The molecule has 5 heterocycles. The fourth-order valence-corrected chi connectivity index (χ4v) is 3.55. The lowest BCUT2D eigenvalue weighted by Gasteiger charge is -2.22. The van der Waals surface area contributed by atoms with Crippen molar-refractivity contribution < 1.29 is 9.13 Å². The van der Waals surface area contributed by atoms with Gasteiger partial charge in [0, 0.05) is 66.3 Å². The van der Waals surface area contributed by atoms with Crippen molar-refractivity contribution in [2.75, 3.05) is 18.5 Å². The number of hydrogen-bond donors (Lipinski definition) is 2. The number of fused-ring (bicyclic) bond motifs is 2. The number of aryl methyl sites for hydroxylation is 1. The zero-order valence-electron chi connectivity index (χ0n) is 14.9. The lowest BCUT2D eigenvalue weighted by Crippen LogP contribution is -2.28. The van der Waals surface area contributed by atoms with Gasteiger partial charge in [0.15, 0.2) is 11.5 Å². The zero-order chi connectivity index (χ0) is 18.4. The Bertz CT molecular complexity index is 1130. The molecular formula is C19H19FN6O. The first kappa shape index (κ1) is 16.2. The molecule has 1 saturated heterocycles. The second-order valence-corrected chi connectivity index (χ2v) is 6.86. The Morgan fingerprint density at radius 1 is 1.26 bits per heavy atom. The van der Waals surface area contributed by atoms with Crippen LogP contribution in [0.4, 0.5) is 10.3 Å². The third-order valence-corrected chi connectivity index (χ3v) is 5.04. The molecule has 4 aromatic heterocycles. The van der Waals surface area contributed by atoms with E-state index in [1.165, 1.54) is 6.07 Å². The van der Waals surface area contributed by atoms with Gasteiger partial charge < -0.3 is 19.4 Å². The van der Waals surface area contributed by atoms with Gasteiger partial charge >= 0.3 is 0 Å². The van der Waals surface area contributed by atoms with Crippen molar-refractivity contribution in [3.8, 4) is 11.1 Å². The monoisotopic (exact) mass is 366 g/mol. The van der Waals surface area contributed by atoms with E-state index in [0.29, 0.717) is 17.6 Å². The van der Waals surface area contributed by atoms with Crippen LogP contribution in [0.5, 0.6) is 0 Å². The summed E-state index contributed by atoms with van der Waals surface area (Å²) in [4.78, 5) is 16.3. The van der Waals surface area contributed by atoms with Crippen molar-refractivity contribution in [2.45, 2.75) is 25.8 Å². The molecule has 1 fully saturated rings. The van der Waals surface area contributed by atoms with Crippen LogP contribution >= 0.6 is 0 Å². The topological polar surface area (TPSA) is 80.1 Å². The predicted molar refractivity (Wildman–Crippen MR) is 100 cm³/mol. The van der Waals surface area contributed by atoms with Gasteiger partial charge in [-0.15, -0.1) is 0 Å². The third kappa shape index (κ3) is 2.82. The summed E-state index contributed by atoms with van der Waals surface area (Å²) >= 11 is 0. The molecule has 1 aliphatic rings. The average molecular weight is 366 g/mol. The highest BCUT2D eigenvalue weighted by Crippen LogP contribution is 2.29. The largest absolute Gasteiger partial charge is 0.381 e. The van der Waals surface area contributed by atoms with E-state index in [1.54, 1.807) is 16.8 Å². The Kier molecular flexibility index (Phi) is 3.78. The van der Waals surface area contributed by atoms with Crippen LogP contribution in [-0.2, 0) is 4.74 Å². The molecule has 0 aromatic carbocycles. The fraction of sp³-hybridized carbons (Fsp3) is 0.316. The van der Waals surface area contributed by atoms with E-state index in [0.717, 1.165) is 53.9 Å². The number of imidazole rings is 1. The van der Waals surface area contributed by atoms with Gasteiger partial charge in [0.2, 0.25) is 5.95 Å². The van der Waals surface area contributed by atoms with E-state index in [1.807, 2.05) is 19.3 Å². The number of aromatic nitrogens is 5. The number of aromatic amines is 1. The summed E-state index contributed by atoms with van der Waals surface area (Å²) in [5, 5.41) is 4.22. The van der Waals surface area contributed by atoms with Gasteiger partial charge in [-0.1, -0.05) is 0 Å². The molecule has 138 valence electrons. The average Bonchev–Trinajstić information content (AvgIpc) is 3.26. The molecule has 0 unspecified atom stereocenters. The number of anilines is 1. The Morgan fingerprint density at radius 3 is 2.96 bits per heavy atom. The van der Waals surface area contributed by atoms with E-state index in [9.17, 15) is 4.39 Å². The van der Waals surface area contributed by atoms with Crippen LogP contribution < -0.4 is 5.32 Å². The number of nitrogens with zero attached hydrogens (tertiary/aromatic N) is 4. The summed E-state index contributed by atoms with van der Waals surface area (Å²) in [7, 11) is 0. The minimum absolute atomic E-state index is 0.325. The minimum Gasteiger partial charge on any atom is -0.381 e. The van der Waals surface area contributed by atoms with Gasteiger partial charge in [-0.2, -0.15) is 4.98 Å². The molecule has 0 amide bonds. The second-order valence-electron chi connectivity index (χ2n) is 6.86. The maximum Gasteiger partial charge on any atom is 0.224 e. The van der Waals surface area contributed by atoms with Crippen molar-refractivity contribution in [3.05, 3.63) is 42.4 Å². The van der Waals surface area contributed by atoms with Crippen LogP contribution in [0.2, 0.25) is 0 Å². The van der Waals surface area contributed by atoms with Crippen molar-refractivity contribution in [3.63, 3.8) is 0 Å². The summed E-state index contributed by atoms with van der Waals surface area (Å²) in [5.74, 6) is 0.239. The number of H-pyrrole nitrogens is 1. The van der Waals surface area contributed by atoms with Crippen molar-refractivity contribution in [2.24, 2.45) is 0 Å². The van der Waals surface area contributed by atoms with Crippen molar-refractivity contribution >= 4 is 22.6 Å². The molecule has 0 spiro atoms. The van der Waals surface area contributed by atoms with Crippen LogP contribution in [0, 0.1) is 12.7 Å². The lowest BCUT2D eigenvalue weighted by atomic mass is 10.1. The first-order chi connectivity index (χ1) is 13.2. The van der Waals surface area contributed by atoms with E-state index in [4.69, 9.17) is 4.74 Å². The van der Waals surface area contributed by atoms with Crippen molar-refractivity contribution in [1.82, 2.24) is 24.3 Å². The molecule has 27 heavy (non-hydrogen) atoms. The summed E-state index contributed by atoms with van der Waals surface area (Å²) in [5.41, 5.74) is 3.54. The summed E-state index contributed by atoms with van der Waals surface area (Å²) in [6.07, 6.45) is 9.05. The SMILES string of the molecule is Cc1cnc2c(F)cc(-c3c[nH]c4nc(NC5CCOCC5)ncc34)cn12. The summed E-state index contributed by atoms with van der Waals surface area (Å²) in [6, 6.07) is 1.82. The Balaban J connectivity index is 1.52. The van der Waals surface area contributed by atoms with E-state index in [-0.39, 0.29) is 5.82 Å². The number of hydrogen-bond acceptors (Lipinski definition) is 5. The minimum atomic E-state index is -0.353.